The second kappa shape index (κ2) is 9.04. The van der Waals surface area contributed by atoms with E-state index < -0.39 is 0 Å². The van der Waals surface area contributed by atoms with E-state index in [1.165, 1.54) is 5.56 Å². The lowest BCUT2D eigenvalue weighted by molar-refractivity contribution is 0.102. The van der Waals surface area contributed by atoms with Crippen molar-refractivity contribution in [1.29, 1.82) is 0 Å². The predicted octanol–water partition coefficient (Wildman–Crippen LogP) is 6.63. The van der Waals surface area contributed by atoms with Gasteiger partial charge in [-0.2, -0.15) is 0 Å². The van der Waals surface area contributed by atoms with E-state index in [2.05, 4.69) is 31.3 Å². The van der Waals surface area contributed by atoms with Crippen LogP contribution in [0.4, 0.5) is 5.69 Å². The third-order valence-electron chi connectivity index (χ3n) is 4.70. The van der Waals surface area contributed by atoms with Crippen molar-refractivity contribution in [1.82, 2.24) is 0 Å². The van der Waals surface area contributed by atoms with E-state index in [-0.39, 0.29) is 5.91 Å². The Morgan fingerprint density at radius 2 is 1.52 bits per heavy atom. The fraction of sp³-hybridized carbons (Fsp3) is 0.208. The second-order valence-electron chi connectivity index (χ2n) is 6.53. The standard InChI is InChI=1S/C24H25NO2/c1-3-18(4-2)20-9-8-10-21(17-20)25-24(26)19-13-15-23(16-14-19)27-22-11-6-5-7-12-22/h5-18H,3-4H2,1-2H3,(H,25,26). The molecule has 138 valence electrons. The van der Waals surface area contributed by atoms with Crippen molar-refractivity contribution in [2.45, 2.75) is 32.6 Å². The van der Waals surface area contributed by atoms with Gasteiger partial charge in [-0.25, -0.2) is 0 Å². The SMILES string of the molecule is CCC(CC)c1cccc(NC(=O)c2ccc(Oc3ccccc3)cc2)c1. The van der Waals surface area contributed by atoms with E-state index in [4.69, 9.17) is 4.74 Å². The first-order valence-electron chi connectivity index (χ1n) is 9.44. The molecule has 27 heavy (non-hydrogen) atoms. The molecular weight excluding hydrogens is 334 g/mol. The average Bonchev–Trinajstić information content (AvgIpc) is 2.70. The van der Waals surface area contributed by atoms with Crippen LogP contribution in [-0.4, -0.2) is 5.91 Å². The highest BCUT2D eigenvalue weighted by Gasteiger charge is 2.10. The number of nitrogens with one attached hydrogen (secondary N) is 1. The van der Waals surface area contributed by atoms with Crippen LogP contribution in [-0.2, 0) is 0 Å². The quantitative estimate of drug-likeness (QED) is 0.514. The van der Waals surface area contributed by atoms with Gasteiger partial charge in [0.05, 0.1) is 0 Å². The summed E-state index contributed by atoms with van der Waals surface area (Å²) >= 11 is 0. The summed E-state index contributed by atoms with van der Waals surface area (Å²) in [5.41, 5.74) is 2.70. The maximum atomic E-state index is 12.6. The number of ether oxygens (including phenoxy) is 1. The Kier molecular flexibility index (Phi) is 6.26. The molecule has 0 aromatic heterocycles. The van der Waals surface area contributed by atoms with Crippen molar-refractivity contribution < 1.29 is 9.53 Å². The molecule has 1 amide bonds. The molecular formula is C24H25NO2. The Bertz CT molecular complexity index is 868. The summed E-state index contributed by atoms with van der Waals surface area (Å²) in [5, 5.41) is 2.99. The number of carbonyl (C=O) groups excluding carboxylic acids is 1. The lowest BCUT2D eigenvalue weighted by Crippen LogP contribution is -2.12. The number of benzene rings is 3. The first-order chi connectivity index (χ1) is 13.2. The van der Waals surface area contributed by atoms with Crippen LogP contribution in [0.5, 0.6) is 11.5 Å². The molecule has 0 atom stereocenters. The van der Waals surface area contributed by atoms with Crippen molar-refractivity contribution in [3.63, 3.8) is 0 Å². The molecule has 0 aliphatic rings. The Morgan fingerprint density at radius 1 is 0.852 bits per heavy atom. The summed E-state index contributed by atoms with van der Waals surface area (Å²) in [6, 6.07) is 24.9. The maximum absolute atomic E-state index is 12.6. The van der Waals surface area contributed by atoms with Crippen molar-refractivity contribution in [2.75, 3.05) is 5.32 Å². The number of carbonyl (C=O) groups is 1. The van der Waals surface area contributed by atoms with Gasteiger partial charge in [-0.15, -0.1) is 0 Å². The first kappa shape index (κ1) is 18.7. The van der Waals surface area contributed by atoms with Gasteiger partial charge in [0.15, 0.2) is 0 Å². The van der Waals surface area contributed by atoms with Crippen LogP contribution in [0.25, 0.3) is 0 Å². The molecule has 3 aromatic rings. The predicted molar refractivity (Wildman–Crippen MR) is 111 cm³/mol. The Morgan fingerprint density at radius 3 is 2.19 bits per heavy atom. The molecule has 0 aliphatic heterocycles. The molecule has 0 unspecified atom stereocenters. The molecule has 0 saturated heterocycles. The normalized spacial score (nSPS) is 10.6. The average molecular weight is 359 g/mol. The van der Waals surface area contributed by atoms with Crippen LogP contribution in [0.2, 0.25) is 0 Å². The van der Waals surface area contributed by atoms with Crippen LogP contribution < -0.4 is 10.1 Å². The van der Waals surface area contributed by atoms with Gasteiger partial charge in [-0.1, -0.05) is 44.2 Å². The molecule has 3 aromatic carbocycles. The van der Waals surface area contributed by atoms with E-state index in [0.29, 0.717) is 17.2 Å². The highest BCUT2D eigenvalue weighted by Crippen LogP contribution is 2.26. The summed E-state index contributed by atoms with van der Waals surface area (Å²) in [7, 11) is 0. The van der Waals surface area contributed by atoms with Crippen LogP contribution in [0.1, 0.15) is 48.5 Å². The molecule has 0 bridgehead atoms. The molecule has 0 heterocycles. The van der Waals surface area contributed by atoms with Gasteiger partial charge in [-0.05, 0) is 72.9 Å². The molecule has 3 nitrogen and oxygen atoms in total. The van der Waals surface area contributed by atoms with Crippen molar-refractivity contribution >= 4 is 11.6 Å². The summed E-state index contributed by atoms with van der Waals surface area (Å²) in [5.74, 6) is 1.88. The fourth-order valence-corrected chi connectivity index (χ4v) is 3.13. The Hall–Kier alpha value is -3.07. The number of para-hydroxylation sites is 1. The van der Waals surface area contributed by atoms with Crippen molar-refractivity contribution in [3.05, 3.63) is 90.0 Å². The number of hydrogen-bond acceptors (Lipinski definition) is 2. The number of amides is 1. The molecule has 0 aliphatic carbocycles. The van der Waals surface area contributed by atoms with E-state index in [0.717, 1.165) is 24.3 Å². The molecule has 3 heteroatoms. The fourth-order valence-electron chi connectivity index (χ4n) is 3.13. The third kappa shape index (κ3) is 4.98. The van der Waals surface area contributed by atoms with Gasteiger partial charge in [0.2, 0.25) is 0 Å². The van der Waals surface area contributed by atoms with Gasteiger partial charge < -0.3 is 10.1 Å². The minimum Gasteiger partial charge on any atom is -0.457 e. The first-order valence-corrected chi connectivity index (χ1v) is 9.44. The van der Waals surface area contributed by atoms with E-state index in [9.17, 15) is 4.79 Å². The lowest BCUT2D eigenvalue weighted by Gasteiger charge is -2.14. The zero-order valence-corrected chi connectivity index (χ0v) is 15.8. The number of anilines is 1. The van der Waals surface area contributed by atoms with Gasteiger partial charge in [0.25, 0.3) is 5.91 Å². The van der Waals surface area contributed by atoms with Gasteiger partial charge in [-0.3, -0.25) is 4.79 Å². The molecule has 1 N–H and O–H groups in total. The minimum atomic E-state index is -0.122. The summed E-state index contributed by atoms with van der Waals surface area (Å²) in [6.45, 7) is 4.39. The van der Waals surface area contributed by atoms with Crippen LogP contribution in [0, 0.1) is 0 Å². The van der Waals surface area contributed by atoms with E-state index >= 15 is 0 Å². The van der Waals surface area contributed by atoms with E-state index in [1.54, 1.807) is 12.1 Å². The topological polar surface area (TPSA) is 38.3 Å². The highest BCUT2D eigenvalue weighted by atomic mass is 16.5. The summed E-state index contributed by atoms with van der Waals surface area (Å²) < 4.78 is 5.77. The highest BCUT2D eigenvalue weighted by molar-refractivity contribution is 6.04. The smallest absolute Gasteiger partial charge is 0.255 e. The molecule has 0 spiro atoms. The molecule has 0 saturated carbocycles. The molecule has 0 radical (unpaired) electrons. The zero-order valence-electron chi connectivity index (χ0n) is 15.8. The summed E-state index contributed by atoms with van der Waals surface area (Å²) in [4.78, 5) is 12.6. The van der Waals surface area contributed by atoms with Crippen LogP contribution >= 0.6 is 0 Å². The second-order valence-corrected chi connectivity index (χ2v) is 6.53. The van der Waals surface area contributed by atoms with Gasteiger partial charge >= 0.3 is 0 Å². The van der Waals surface area contributed by atoms with Crippen molar-refractivity contribution in [3.8, 4) is 11.5 Å². The Balaban J connectivity index is 1.67. The largest absolute Gasteiger partial charge is 0.457 e. The Labute approximate surface area is 161 Å². The molecule has 0 fully saturated rings. The summed E-state index contributed by atoms with van der Waals surface area (Å²) in [6.07, 6.45) is 2.19. The zero-order chi connectivity index (χ0) is 19.1. The number of rotatable bonds is 7. The molecule has 3 rings (SSSR count). The maximum Gasteiger partial charge on any atom is 0.255 e. The monoisotopic (exact) mass is 359 g/mol. The number of hydrogen-bond donors (Lipinski definition) is 1. The minimum absolute atomic E-state index is 0.122. The van der Waals surface area contributed by atoms with Gasteiger partial charge in [0, 0.05) is 11.3 Å². The lowest BCUT2D eigenvalue weighted by atomic mass is 9.94. The van der Waals surface area contributed by atoms with Crippen LogP contribution in [0.3, 0.4) is 0 Å². The third-order valence-corrected chi connectivity index (χ3v) is 4.70. The van der Waals surface area contributed by atoms with Crippen molar-refractivity contribution in [2.24, 2.45) is 0 Å². The van der Waals surface area contributed by atoms with Gasteiger partial charge in [0.1, 0.15) is 11.5 Å². The van der Waals surface area contributed by atoms with Crippen LogP contribution in [0.15, 0.2) is 78.9 Å². The van der Waals surface area contributed by atoms with E-state index in [1.807, 2.05) is 54.6 Å².